The number of phenols is 1. The number of ether oxygens (including phenoxy) is 1. The van der Waals surface area contributed by atoms with Gasteiger partial charge in [0.05, 0.1) is 24.4 Å². The van der Waals surface area contributed by atoms with Gasteiger partial charge in [0.1, 0.15) is 12.3 Å². The highest BCUT2D eigenvalue weighted by atomic mass is 32.1. The number of pyridine rings is 1. The fourth-order valence-electron chi connectivity index (χ4n) is 4.35. The van der Waals surface area contributed by atoms with Crippen LogP contribution in [0.25, 0.3) is 5.69 Å². The Kier molecular flexibility index (Phi) is 6.14. The number of rotatable bonds is 6. The maximum atomic E-state index is 12.4. The predicted molar refractivity (Wildman–Crippen MR) is 126 cm³/mol. The summed E-state index contributed by atoms with van der Waals surface area (Å²) >= 11 is 5.63. The molecule has 3 heterocycles. The second-order valence-corrected chi connectivity index (χ2v) is 8.12. The molecular formula is C24H26N4O3S. The lowest BCUT2D eigenvalue weighted by molar-refractivity contribution is -0.143. The van der Waals surface area contributed by atoms with Gasteiger partial charge in [0, 0.05) is 23.3 Å². The number of carbonyl (C=O) groups is 1. The number of aromatic hydroxyl groups is 1. The van der Waals surface area contributed by atoms with Crippen molar-refractivity contribution in [2.45, 2.75) is 32.9 Å². The van der Waals surface area contributed by atoms with Crippen LogP contribution < -0.4 is 5.32 Å². The quantitative estimate of drug-likeness (QED) is 0.438. The van der Waals surface area contributed by atoms with Crippen molar-refractivity contribution in [1.29, 1.82) is 0 Å². The molecule has 2 aromatic heterocycles. The summed E-state index contributed by atoms with van der Waals surface area (Å²) in [5.41, 5.74) is 4.91. The molecule has 1 fully saturated rings. The lowest BCUT2D eigenvalue weighted by atomic mass is 9.97. The normalized spacial score (nSPS) is 18.0. The smallest absolute Gasteiger partial charge is 0.325 e. The first-order chi connectivity index (χ1) is 15.4. The highest BCUT2D eigenvalue weighted by Gasteiger charge is 2.42. The van der Waals surface area contributed by atoms with Gasteiger partial charge in [-0.25, -0.2) is 0 Å². The largest absolute Gasteiger partial charge is 0.508 e. The number of hydrogen-bond donors (Lipinski definition) is 2. The molecular weight excluding hydrogens is 424 g/mol. The summed E-state index contributed by atoms with van der Waals surface area (Å²) in [6.45, 7) is 6.25. The van der Waals surface area contributed by atoms with Gasteiger partial charge < -0.3 is 24.6 Å². The molecule has 8 heteroatoms. The van der Waals surface area contributed by atoms with E-state index in [-0.39, 0.29) is 30.3 Å². The average molecular weight is 451 g/mol. The molecule has 1 aliphatic heterocycles. The van der Waals surface area contributed by atoms with Crippen LogP contribution in [0.2, 0.25) is 0 Å². The van der Waals surface area contributed by atoms with E-state index in [9.17, 15) is 9.90 Å². The number of phenolic OH excluding ortho intramolecular Hbond substituents is 1. The van der Waals surface area contributed by atoms with Crippen molar-refractivity contribution in [3.05, 3.63) is 77.4 Å². The zero-order valence-corrected chi connectivity index (χ0v) is 19.1. The Balaban J connectivity index is 1.80. The van der Waals surface area contributed by atoms with Gasteiger partial charge in [-0.15, -0.1) is 0 Å². The summed E-state index contributed by atoms with van der Waals surface area (Å²) in [5, 5.41) is 13.5. The zero-order chi connectivity index (χ0) is 22.8. The highest BCUT2D eigenvalue weighted by Crippen LogP contribution is 2.41. The molecule has 0 spiro atoms. The molecule has 0 saturated carbocycles. The van der Waals surface area contributed by atoms with Crippen LogP contribution in [-0.4, -0.2) is 43.8 Å². The maximum Gasteiger partial charge on any atom is 0.325 e. The van der Waals surface area contributed by atoms with Gasteiger partial charge >= 0.3 is 5.97 Å². The number of thiocarbonyl (C=S) groups is 1. The van der Waals surface area contributed by atoms with Gasteiger partial charge in [-0.1, -0.05) is 6.07 Å². The molecule has 1 aromatic carbocycles. The molecule has 0 aliphatic carbocycles. The second-order valence-electron chi connectivity index (χ2n) is 7.74. The van der Waals surface area contributed by atoms with Crippen LogP contribution in [0.3, 0.4) is 0 Å². The minimum absolute atomic E-state index is 0.0521. The van der Waals surface area contributed by atoms with E-state index in [1.807, 2.05) is 42.2 Å². The Bertz CT molecular complexity index is 1130. The van der Waals surface area contributed by atoms with Crippen molar-refractivity contribution in [2.24, 2.45) is 0 Å². The molecule has 2 unspecified atom stereocenters. The van der Waals surface area contributed by atoms with Gasteiger partial charge in [-0.2, -0.15) is 0 Å². The van der Waals surface area contributed by atoms with E-state index in [2.05, 4.69) is 27.9 Å². The van der Waals surface area contributed by atoms with Crippen LogP contribution in [0.1, 0.15) is 41.7 Å². The third-order valence-corrected chi connectivity index (χ3v) is 6.05. The van der Waals surface area contributed by atoms with Crippen LogP contribution in [0.5, 0.6) is 5.75 Å². The number of hydrogen-bond acceptors (Lipinski definition) is 5. The van der Waals surface area contributed by atoms with Crippen LogP contribution in [0.15, 0.2) is 54.7 Å². The van der Waals surface area contributed by atoms with Gasteiger partial charge in [-0.05, 0) is 81.0 Å². The minimum Gasteiger partial charge on any atom is -0.508 e. The van der Waals surface area contributed by atoms with E-state index in [1.165, 1.54) is 0 Å². The number of aromatic nitrogens is 2. The number of esters is 1. The number of benzene rings is 1. The Morgan fingerprint density at radius 1 is 1.22 bits per heavy atom. The van der Waals surface area contributed by atoms with Crippen molar-refractivity contribution >= 4 is 23.3 Å². The molecule has 4 rings (SSSR count). The Morgan fingerprint density at radius 2 is 1.97 bits per heavy atom. The second kappa shape index (κ2) is 9.00. The number of aryl methyl sites for hydroxylation is 1. The van der Waals surface area contributed by atoms with Gasteiger partial charge in [-0.3, -0.25) is 9.78 Å². The number of nitrogens with zero attached hydrogens (tertiary/aromatic N) is 3. The van der Waals surface area contributed by atoms with E-state index < -0.39 is 0 Å². The molecule has 2 N–H and O–H groups in total. The maximum absolute atomic E-state index is 12.4. The molecule has 1 saturated heterocycles. The van der Waals surface area contributed by atoms with Crippen molar-refractivity contribution < 1.29 is 14.6 Å². The first-order valence-electron chi connectivity index (χ1n) is 10.5. The molecule has 32 heavy (non-hydrogen) atoms. The van der Waals surface area contributed by atoms with Crippen molar-refractivity contribution in [3.8, 4) is 11.4 Å². The first-order valence-corrected chi connectivity index (χ1v) is 10.9. The molecule has 7 nitrogen and oxygen atoms in total. The Morgan fingerprint density at radius 3 is 2.62 bits per heavy atom. The monoisotopic (exact) mass is 450 g/mol. The molecule has 3 aromatic rings. The lowest BCUT2D eigenvalue weighted by Gasteiger charge is -2.27. The Hall–Kier alpha value is -3.39. The van der Waals surface area contributed by atoms with E-state index in [0.717, 1.165) is 28.3 Å². The zero-order valence-electron chi connectivity index (χ0n) is 18.3. The van der Waals surface area contributed by atoms with Gasteiger partial charge in [0.15, 0.2) is 5.11 Å². The fraction of sp³-hybridized carbons (Fsp3) is 0.292. The van der Waals surface area contributed by atoms with E-state index in [4.69, 9.17) is 17.0 Å². The minimum atomic E-state index is -0.323. The summed E-state index contributed by atoms with van der Waals surface area (Å²) in [5.74, 6) is -0.103. The van der Waals surface area contributed by atoms with Crippen LogP contribution in [0.4, 0.5) is 0 Å². The molecule has 166 valence electrons. The summed E-state index contributed by atoms with van der Waals surface area (Å²) in [6, 6.07) is 14.5. The van der Waals surface area contributed by atoms with E-state index >= 15 is 0 Å². The number of carbonyl (C=O) groups excluding carboxylic acids is 1. The van der Waals surface area contributed by atoms with E-state index in [0.29, 0.717) is 11.7 Å². The molecule has 1 aliphatic rings. The fourth-order valence-corrected chi connectivity index (χ4v) is 4.65. The summed E-state index contributed by atoms with van der Waals surface area (Å²) in [7, 11) is 0. The van der Waals surface area contributed by atoms with E-state index in [1.54, 1.807) is 25.3 Å². The van der Waals surface area contributed by atoms with Gasteiger partial charge in [0.2, 0.25) is 0 Å². The predicted octanol–water partition coefficient (Wildman–Crippen LogP) is 3.73. The van der Waals surface area contributed by atoms with Crippen LogP contribution in [0, 0.1) is 13.8 Å². The first kappa shape index (κ1) is 21.8. The molecule has 0 radical (unpaired) electrons. The average Bonchev–Trinajstić information content (AvgIpc) is 3.25. The third-order valence-electron chi connectivity index (χ3n) is 5.70. The Labute approximate surface area is 192 Å². The summed E-state index contributed by atoms with van der Waals surface area (Å²) in [4.78, 5) is 18.8. The summed E-state index contributed by atoms with van der Waals surface area (Å²) < 4.78 is 7.34. The SMILES string of the molecule is CCOC(=O)CN1C(=S)NC(c2ccccn2)C1c1cc(C)n(-c2ccc(O)cc2)c1C. The van der Waals surface area contributed by atoms with Crippen LogP contribution >= 0.6 is 12.2 Å². The van der Waals surface area contributed by atoms with Crippen LogP contribution in [-0.2, 0) is 9.53 Å². The highest BCUT2D eigenvalue weighted by molar-refractivity contribution is 7.80. The summed E-state index contributed by atoms with van der Waals surface area (Å²) in [6.07, 6.45) is 1.75. The lowest BCUT2D eigenvalue weighted by Crippen LogP contribution is -2.35. The topological polar surface area (TPSA) is 79.6 Å². The van der Waals surface area contributed by atoms with Crippen molar-refractivity contribution in [2.75, 3.05) is 13.2 Å². The van der Waals surface area contributed by atoms with Crippen molar-refractivity contribution in [3.63, 3.8) is 0 Å². The van der Waals surface area contributed by atoms with Gasteiger partial charge in [0.25, 0.3) is 0 Å². The van der Waals surface area contributed by atoms with Crippen molar-refractivity contribution in [1.82, 2.24) is 19.8 Å². The molecule has 0 amide bonds. The molecule has 2 atom stereocenters. The third kappa shape index (κ3) is 4.05. The number of nitrogens with one attached hydrogen (secondary N) is 1. The molecule has 0 bridgehead atoms. The standard InChI is InChI=1S/C24H26N4O3S/c1-4-31-21(30)14-27-23(22(26-24(27)32)20-7-5-6-12-25-20)19-13-15(2)28(16(19)3)17-8-10-18(29)11-9-17/h5-13,22-23,29H,4,14H2,1-3H3,(H,26,32).